The van der Waals surface area contributed by atoms with Crippen molar-refractivity contribution < 1.29 is 14.4 Å². The summed E-state index contributed by atoms with van der Waals surface area (Å²) < 4.78 is 0. The molecule has 1 aromatic carbocycles. The van der Waals surface area contributed by atoms with Gasteiger partial charge < -0.3 is 10.2 Å². The van der Waals surface area contributed by atoms with Gasteiger partial charge in [0.25, 0.3) is 5.91 Å². The summed E-state index contributed by atoms with van der Waals surface area (Å²) in [4.78, 5) is 38.5. The van der Waals surface area contributed by atoms with E-state index in [4.69, 9.17) is 0 Å². The monoisotopic (exact) mass is 372 g/mol. The number of piperidine rings is 1. The fourth-order valence-electron chi connectivity index (χ4n) is 2.92. The molecule has 0 radical (unpaired) electrons. The van der Waals surface area contributed by atoms with Crippen molar-refractivity contribution in [3.05, 3.63) is 54.3 Å². The first kappa shape index (κ1) is 20.0. The lowest BCUT2D eigenvalue weighted by Crippen LogP contribution is -2.46. The Morgan fingerprint density at radius 1 is 1.46 bits per heavy atom. The molecule has 6 heteroatoms. The Morgan fingerprint density at radius 3 is 2.88 bits per heavy atom. The van der Waals surface area contributed by atoms with Gasteiger partial charge in [-0.25, -0.2) is 0 Å². The van der Waals surface area contributed by atoms with Crippen molar-refractivity contribution in [1.29, 1.82) is 0 Å². The van der Waals surface area contributed by atoms with Crippen molar-refractivity contribution in [3.8, 4) is 0 Å². The van der Waals surface area contributed by atoms with Gasteiger partial charge in [0.2, 0.25) is 5.91 Å². The van der Waals surface area contributed by atoms with E-state index in [1.165, 1.54) is 0 Å². The topological polar surface area (TPSA) is 66.5 Å². The number of carbonyl (C=O) groups excluding carboxylic acids is 3. The molecule has 26 heavy (non-hydrogen) atoms. The SMILES string of the molecule is C=CCCCSc1cccc(C=O)c1C(=O)N(C)C1CCC(=O)NC1=C. The summed E-state index contributed by atoms with van der Waals surface area (Å²) >= 11 is 1.56. The van der Waals surface area contributed by atoms with E-state index >= 15 is 0 Å². The zero-order valence-corrected chi connectivity index (χ0v) is 15.8. The molecule has 1 saturated heterocycles. The first-order chi connectivity index (χ1) is 12.5. The van der Waals surface area contributed by atoms with Crippen LogP contribution in [0.25, 0.3) is 0 Å². The van der Waals surface area contributed by atoms with E-state index in [2.05, 4.69) is 18.5 Å². The minimum atomic E-state index is -0.279. The summed E-state index contributed by atoms with van der Waals surface area (Å²) in [5, 5.41) is 2.70. The van der Waals surface area contributed by atoms with Crippen LogP contribution in [0.5, 0.6) is 0 Å². The van der Waals surface area contributed by atoms with Crippen LogP contribution < -0.4 is 5.32 Å². The molecule has 0 aliphatic carbocycles. The van der Waals surface area contributed by atoms with Gasteiger partial charge in [-0.05, 0) is 31.1 Å². The third kappa shape index (κ3) is 4.64. The quantitative estimate of drug-likeness (QED) is 0.329. The minimum absolute atomic E-state index is 0.0844. The van der Waals surface area contributed by atoms with Gasteiger partial charge in [0.15, 0.2) is 6.29 Å². The highest BCUT2D eigenvalue weighted by atomic mass is 32.2. The predicted molar refractivity (Wildman–Crippen MR) is 104 cm³/mol. The van der Waals surface area contributed by atoms with Crippen LogP contribution in [0.3, 0.4) is 0 Å². The van der Waals surface area contributed by atoms with Gasteiger partial charge in [-0.2, -0.15) is 0 Å². The maximum absolute atomic E-state index is 13.1. The maximum Gasteiger partial charge on any atom is 0.256 e. The van der Waals surface area contributed by atoms with Gasteiger partial charge in [-0.3, -0.25) is 14.4 Å². The fraction of sp³-hybridized carbons (Fsp3) is 0.350. The number of rotatable bonds is 8. The van der Waals surface area contributed by atoms with E-state index in [0.717, 1.165) is 23.5 Å². The molecule has 1 unspecified atom stereocenters. The predicted octanol–water partition coefficient (Wildman–Crippen LogP) is 3.42. The summed E-state index contributed by atoms with van der Waals surface area (Å²) in [6.45, 7) is 7.58. The Balaban J connectivity index is 2.25. The number of amides is 2. The molecule has 1 aliphatic rings. The van der Waals surface area contributed by atoms with Gasteiger partial charge in [-0.1, -0.05) is 24.8 Å². The van der Waals surface area contributed by atoms with Crippen molar-refractivity contribution in [2.24, 2.45) is 0 Å². The summed E-state index contributed by atoms with van der Waals surface area (Å²) in [5.41, 5.74) is 1.31. The van der Waals surface area contributed by atoms with Gasteiger partial charge in [-0.15, -0.1) is 18.3 Å². The maximum atomic E-state index is 13.1. The summed E-state index contributed by atoms with van der Waals surface area (Å²) in [6, 6.07) is 5.03. The standard InChI is InChI=1S/C20H24N2O3S/c1-4-5-6-12-26-17-9-7-8-15(13-23)19(17)20(25)22(3)16-10-11-18(24)21-14(16)2/h4,7-9,13,16H,1-2,5-6,10-12H2,3H3,(H,21,24). The molecule has 2 rings (SSSR count). The van der Waals surface area contributed by atoms with Crippen LogP contribution in [0, 0.1) is 0 Å². The van der Waals surface area contributed by atoms with Crippen molar-refractivity contribution in [2.45, 2.75) is 36.6 Å². The van der Waals surface area contributed by atoms with Gasteiger partial charge in [0, 0.05) is 29.6 Å². The van der Waals surface area contributed by atoms with Crippen molar-refractivity contribution in [3.63, 3.8) is 0 Å². The zero-order chi connectivity index (χ0) is 19.1. The van der Waals surface area contributed by atoms with Crippen LogP contribution in [0.1, 0.15) is 46.4 Å². The molecule has 0 aromatic heterocycles. The zero-order valence-electron chi connectivity index (χ0n) is 15.0. The number of hydrogen-bond acceptors (Lipinski definition) is 4. The summed E-state index contributed by atoms with van der Waals surface area (Å²) in [7, 11) is 1.68. The highest BCUT2D eigenvalue weighted by molar-refractivity contribution is 7.99. The van der Waals surface area contributed by atoms with E-state index in [1.54, 1.807) is 35.8 Å². The van der Waals surface area contributed by atoms with Crippen LogP contribution in [0.4, 0.5) is 0 Å². The number of thioether (sulfide) groups is 1. The lowest BCUT2D eigenvalue weighted by atomic mass is 10.0. The van der Waals surface area contributed by atoms with Crippen LogP contribution >= 0.6 is 11.8 Å². The second-order valence-electron chi connectivity index (χ2n) is 6.16. The molecule has 1 aromatic rings. The Morgan fingerprint density at radius 2 is 2.23 bits per heavy atom. The molecule has 2 amide bonds. The highest BCUT2D eigenvalue weighted by Crippen LogP contribution is 2.29. The van der Waals surface area contributed by atoms with Gasteiger partial charge in [0.05, 0.1) is 11.6 Å². The average molecular weight is 372 g/mol. The molecule has 1 aliphatic heterocycles. The van der Waals surface area contributed by atoms with Gasteiger partial charge in [0.1, 0.15) is 0 Å². The number of unbranched alkanes of at least 4 members (excludes halogenated alkanes) is 1. The number of benzene rings is 1. The van der Waals surface area contributed by atoms with Crippen molar-refractivity contribution in [1.82, 2.24) is 10.2 Å². The number of hydrogen-bond donors (Lipinski definition) is 1. The molecule has 0 saturated carbocycles. The molecule has 0 spiro atoms. The molecule has 5 nitrogen and oxygen atoms in total. The number of allylic oxidation sites excluding steroid dienone is 1. The second-order valence-corrected chi connectivity index (χ2v) is 7.30. The Bertz CT molecular complexity index is 730. The molecular formula is C20H24N2O3S. The second kappa shape index (κ2) is 9.38. The molecule has 1 fully saturated rings. The third-order valence-electron chi connectivity index (χ3n) is 4.34. The Hall–Kier alpha value is -2.34. The number of aldehydes is 1. The van der Waals surface area contributed by atoms with E-state index in [9.17, 15) is 14.4 Å². The lowest BCUT2D eigenvalue weighted by molar-refractivity contribution is -0.121. The van der Waals surface area contributed by atoms with Crippen LogP contribution in [-0.2, 0) is 4.79 Å². The smallest absolute Gasteiger partial charge is 0.256 e. The number of nitrogens with zero attached hydrogens (tertiary/aromatic N) is 1. The van der Waals surface area contributed by atoms with Crippen LogP contribution in [0.15, 0.2) is 48.0 Å². The summed E-state index contributed by atoms with van der Waals surface area (Å²) in [5.74, 6) is 0.518. The molecule has 138 valence electrons. The van der Waals surface area contributed by atoms with Gasteiger partial charge >= 0.3 is 0 Å². The normalized spacial score (nSPS) is 16.7. The van der Waals surface area contributed by atoms with Crippen molar-refractivity contribution >= 4 is 29.9 Å². The molecule has 1 heterocycles. The van der Waals surface area contributed by atoms with Crippen LogP contribution in [0.2, 0.25) is 0 Å². The molecule has 1 N–H and O–H groups in total. The minimum Gasteiger partial charge on any atom is -0.333 e. The van der Waals surface area contributed by atoms with Crippen molar-refractivity contribution in [2.75, 3.05) is 12.8 Å². The Kier molecular flexibility index (Phi) is 7.21. The van der Waals surface area contributed by atoms with E-state index in [1.807, 2.05) is 12.1 Å². The number of nitrogens with one attached hydrogen (secondary N) is 1. The number of carbonyl (C=O) groups is 3. The largest absolute Gasteiger partial charge is 0.333 e. The molecule has 0 bridgehead atoms. The fourth-order valence-corrected chi connectivity index (χ4v) is 3.97. The van der Waals surface area contributed by atoms with E-state index < -0.39 is 0 Å². The average Bonchev–Trinajstić information content (AvgIpc) is 2.64. The van der Waals surface area contributed by atoms with E-state index in [-0.39, 0.29) is 17.9 Å². The third-order valence-corrected chi connectivity index (χ3v) is 5.49. The highest BCUT2D eigenvalue weighted by Gasteiger charge is 2.30. The first-order valence-corrected chi connectivity index (χ1v) is 9.55. The first-order valence-electron chi connectivity index (χ1n) is 8.57. The lowest BCUT2D eigenvalue weighted by Gasteiger charge is -2.33. The number of likely N-dealkylation sites (N-methyl/N-ethyl adjacent to an activating group) is 1. The molecular weight excluding hydrogens is 348 g/mol. The Labute approximate surface area is 158 Å². The summed E-state index contributed by atoms with van der Waals surface area (Å²) in [6.07, 6.45) is 5.31. The molecule has 1 atom stereocenters. The van der Waals surface area contributed by atoms with Crippen LogP contribution in [-0.4, -0.2) is 41.8 Å². The van der Waals surface area contributed by atoms with E-state index in [0.29, 0.717) is 36.0 Å².